The summed E-state index contributed by atoms with van der Waals surface area (Å²) in [5.41, 5.74) is 5.37. The Hall–Kier alpha value is -0.120. The van der Waals surface area contributed by atoms with Gasteiger partial charge in [-0.15, -0.1) is 0 Å². The van der Waals surface area contributed by atoms with E-state index in [1.54, 1.807) is 0 Å². The molecule has 1 fully saturated rings. The molecule has 0 saturated carbocycles. The minimum atomic E-state index is 0.716. The van der Waals surface area contributed by atoms with Crippen molar-refractivity contribution in [3.8, 4) is 0 Å². The molecule has 0 aromatic heterocycles. The average Bonchev–Trinajstić information content (AvgIpc) is 2.50. The van der Waals surface area contributed by atoms with Crippen molar-refractivity contribution in [1.29, 1.82) is 0 Å². The van der Waals surface area contributed by atoms with Gasteiger partial charge in [0, 0.05) is 12.6 Å². The Bertz CT molecular complexity index is 89.3. The molecule has 0 spiro atoms. The predicted molar refractivity (Wildman–Crippen MR) is 47.6 cm³/mol. The Balaban J connectivity index is 1.86. The van der Waals surface area contributed by atoms with E-state index in [0.29, 0.717) is 6.04 Å². The van der Waals surface area contributed by atoms with Crippen molar-refractivity contribution >= 4 is 0 Å². The molecule has 0 radical (unpaired) electrons. The zero-order valence-electron chi connectivity index (χ0n) is 7.10. The van der Waals surface area contributed by atoms with Gasteiger partial charge in [-0.1, -0.05) is 0 Å². The molecule has 1 aliphatic heterocycles. The first-order chi connectivity index (χ1) is 5.43. The van der Waals surface area contributed by atoms with E-state index in [-0.39, 0.29) is 0 Å². The maximum Gasteiger partial charge on any atom is 0.0192 e. The van der Waals surface area contributed by atoms with Crippen LogP contribution >= 0.6 is 0 Å². The molecular weight excluding hydrogens is 138 g/mol. The maximum absolute atomic E-state index is 5.37. The van der Waals surface area contributed by atoms with Gasteiger partial charge in [-0.3, -0.25) is 0 Å². The maximum atomic E-state index is 5.37. The monoisotopic (exact) mass is 157 g/mol. The third kappa shape index (κ3) is 3.70. The van der Waals surface area contributed by atoms with Gasteiger partial charge in [-0.25, -0.2) is 0 Å². The third-order valence-corrected chi connectivity index (χ3v) is 2.11. The molecule has 1 atom stereocenters. The minimum Gasteiger partial charge on any atom is -0.330 e. The van der Waals surface area contributed by atoms with Gasteiger partial charge in [0.05, 0.1) is 0 Å². The highest BCUT2D eigenvalue weighted by molar-refractivity contribution is 4.75. The molecule has 0 bridgehead atoms. The molecule has 66 valence electrons. The molecule has 3 heteroatoms. The van der Waals surface area contributed by atoms with E-state index >= 15 is 0 Å². The summed E-state index contributed by atoms with van der Waals surface area (Å²) in [6.07, 6.45) is 3.76. The highest BCUT2D eigenvalue weighted by atomic mass is 15.0. The first-order valence-corrected chi connectivity index (χ1v) is 4.57. The third-order valence-electron chi connectivity index (χ3n) is 2.11. The molecule has 1 unspecified atom stereocenters. The second kappa shape index (κ2) is 5.52. The molecule has 0 aliphatic carbocycles. The fraction of sp³-hybridized carbons (Fsp3) is 1.00. The Morgan fingerprint density at radius 3 is 3.09 bits per heavy atom. The van der Waals surface area contributed by atoms with Crippen molar-refractivity contribution in [1.82, 2.24) is 10.6 Å². The Kier molecular flexibility index (Phi) is 4.50. The van der Waals surface area contributed by atoms with Crippen LogP contribution in [-0.2, 0) is 0 Å². The van der Waals surface area contributed by atoms with E-state index in [9.17, 15) is 0 Å². The first-order valence-electron chi connectivity index (χ1n) is 4.57. The van der Waals surface area contributed by atoms with Gasteiger partial charge >= 0.3 is 0 Å². The Morgan fingerprint density at radius 1 is 1.55 bits per heavy atom. The number of hydrogen-bond donors (Lipinski definition) is 3. The van der Waals surface area contributed by atoms with Crippen molar-refractivity contribution in [3.63, 3.8) is 0 Å². The molecule has 4 N–H and O–H groups in total. The van der Waals surface area contributed by atoms with Gasteiger partial charge < -0.3 is 16.4 Å². The van der Waals surface area contributed by atoms with Crippen molar-refractivity contribution < 1.29 is 0 Å². The first kappa shape index (κ1) is 8.97. The molecule has 1 heterocycles. The SMILES string of the molecule is NCCCNCC1CCCN1. The molecule has 11 heavy (non-hydrogen) atoms. The molecular formula is C8H19N3. The predicted octanol–water partition coefficient (Wildman–Crippen LogP) is -0.323. The van der Waals surface area contributed by atoms with Gasteiger partial charge in [-0.2, -0.15) is 0 Å². The summed E-state index contributed by atoms with van der Waals surface area (Å²) in [5.74, 6) is 0. The second-order valence-corrected chi connectivity index (χ2v) is 3.14. The van der Waals surface area contributed by atoms with E-state index in [0.717, 1.165) is 26.1 Å². The molecule has 0 amide bonds. The van der Waals surface area contributed by atoms with Crippen LogP contribution in [0.15, 0.2) is 0 Å². The largest absolute Gasteiger partial charge is 0.330 e. The van der Waals surface area contributed by atoms with E-state index in [1.807, 2.05) is 0 Å². The summed E-state index contributed by atoms with van der Waals surface area (Å²) in [7, 11) is 0. The molecule has 0 aromatic rings. The quantitative estimate of drug-likeness (QED) is 0.479. The van der Waals surface area contributed by atoms with E-state index in [1.165, 1.54) is 19.4 Å². The lowest BCUT2D eigenvalue weighted by Gasteiger charge is -2.10. The lowest BCUT2D eigenvalue weighted by molar-refractivity contribution is 0.531. The van der Waals surface area contributed by atoms with Gasteiger partial charge in [0.15, 0.2) is 0 Å². The average molecular weight is 157 g/mol. The molecule has 1 aliphatic rings. The standard InChI is InChI=1S/C8H19N3/c9-4-2-5-10-7-8-3-1-6-11-8/h8,10-11H,1-7,9H2. The summed E-state index contributed by atoms with van der Waals surface area (Å²) < 4.78 is 0. The topological polar surface area (TPSA) is 50.1 Å². The smallest absolute Gasteiger partial charge is 0.0192 e. The zero-order chi connectivity index (χ0) is 7.94. The van der Waals surface area contributed by atoms with Gasteiger partial charge in [-0.05, 0) is 38.9 Å². The number of nitrogens with two attached hydrogens (primary N) is 1. The normalized spacial score (nSPS) is 24.3. The molecule has 1 saturated heterocycles. The van der Waals surface area contributed by atoms with Gasteiger partial charge in [0.25, 0.3) is 0 Å². The molecule has 0 aromatic carbocycles. The Labute approximate surface area is 68.7 Å². The van der Waals surface area contributed by atoms with Crippen LogP contribution in [0.3, 0.4) is 0 Å². The summed E-state index contributed by atoms with van der Waals surface area (Å²) in [6.45, 7) is 4.17. The van der Waals surface area contributed by atoms with Crippen LogP contribution in [-0.4, -0.2) is 32.2 Å². The lowest BCUT2D eigenvalue weighted by atomic mass is 10.2. The van der Waals surface area contributed by atoms with Gasteiger partial charge in [0.2, 0.25) is 0 Å². The summed E-state index contributed by atoms with van der Waals surface area (Å²) in [4.78, 5) is 0. The number of nitrogens with one attached hydrogen (secondary N) is 2. The van der Waals surface area contributed by atoms with Crippen molar-refractivity contribution in [2.75, 3.05) is 26.2 Å². The van der Waals surface area contributed by atoms with Crippen LogP contribution in [0.25, 0.3) is 0 Å². The van der Waals surface area contributed by atoms with E-state index in [4.69, 9.17) is 5.73 Å². The highest BCUT2D eigenvalue weighted by Crippen LogP contribution is 2.02. The highest BCUT2D eigenvalue weighted by Gasteiger charge is 2.12. The van der Waals surface area contributed by atoms with Crippen molar-refractivity contribution in [2.45, 2.75) is 25.3 Å². The van der Waals surface area contributed by atoms with Crippen LogP contribution in [0.5, 0.6) is 0 Å². The number of rotatable bonds is 5. The van der Waals surface area contributed by atoms with Crippen LogP contribution in [0.1, 0.15) is 19.3 Å². The molecule has 1 rings (SSSR count). The Morgan fingerprint density at radius 2 is 2.45 bits per heavy atom. The molecule has 3 nitrogen and oxygen atoms in total. The summed E-state index contributed by atoms with van der Waals surface area (Å²) >= 11 is 0. The van der Waals surface area contributed by atoms with Crippen LogP contribution in [0, 0.1) is 0 Å². The fourth-order valence-corrected chi connectivity index (χ4v) is 1.43. The van der Waals surface area contributed by atoms with E-state index < -0.39 is 0 Å². The summed E-state index contributed by atoms with van der Waals surface area (Å²) in [5, 5.41) is 6.83. The van der Waals surface area contributed by atoms with Crippen LogP contribution in [0.2, 0.25) is 0 Å². The second-order valence-electron chi connectivity index (χ2n) is 3.14. The van der Waals surface area contributed by atoms with Crippen LogP contribution in [0.4, 0.5) is 0 Å². The zero-order valence-corrected chi connectivity index (χ0v) is 7.10. The van der Waals surface area contributed by atoms with Crippen molar-refractivity contribution in [3.05, 3.63) is 0 Å². The summed E-state index contributed by atoms with van der Waals surface area (Å²) in [6, 6.07) is 0.716. The van der Waals surface area contributed by atoms with E-state index in [2.05, 4.69) is 10.6 Å². The number of hydrogen-bond acceptors (Lipinski definition) is 3. The minimum absolute atomic E-state index is 0.716. The van der Waals surface area contributed by atoms with Gasteiger partial charge in [0.1, 0.15) is 0 Å². The van der Waals surface area contributed by atoms with Crippen molar-refractivity contribution in [2.24, 2.45) is 5.73 Å². The van der Waals surface area contributed by atoms with Crippen LogP contribution < -0.4 is 16.4 Å². The lowest BCUT2D eigenvalue weighted by Crippen LogP contribution is -2.34. The fourth-order valence-electron chi connectivity index (χ4n) is 1.43.